The zero-order chi connectivity index (χ0) is 23.5. The molecule has 33 heavy (non-hydrogen) atoms. The van der Waals surface area contributed by atoms with Crippen LogP contribution in [0.1, 0.15) is 22.3 Å². The van der Waals surface area contributed by atoms with Crippen molar-refractivity contribution in [1.82, 2.24) is 0 Å². The zero-order valence-electron chi connectivity index (χ0n) is 17.8. The maximum absolute atomic E-state index is 13.3. The molecule has 3 aromatic carbocycles. The molecule has 0 aromatic heterocycles. The van der Waals surface area contributed by atoms with Gasteiger partial charge in [0.05, 0.1) is 19.4 Å². The number of halogens is 2. The van der Waals surface area contributed by atoms with Crippen LogP contribution in [0.2, 0.25) is 0 Å². The third kappa shape index (κ3) is 5.14. The van der Waals surface area contributed by atoms with E-state index in [9.17, 15) is 23.2 Å². The van der Waals surface area contributed by atoms with Crippen molar-refractivity contribution in [3.8, 4) is 11.1 Å². The molecule has 1 fully saturated rings. The second-order valence-corrected chi connectivity index (χ2v) is 7.96. The van der Waals surface area contributed by atoms with Gasteiger partial charge >= 0.3 is 5.97 Å². The Labute approximate surface area is 189 Å². The highest BCUT2D eigenvalue weighted by Gasteiger charge is 2.48. The molecule has 0 saturated heterocycles. The van der Waals surface area contributed by atoms with Crippen LogP contribution in [0.25, 0.3) is 11.1 Å². The van der Waals surface area contributed by atoms with Gasteiger partial charge in [-0.05, 0) is 47.4 Å². The van der Waals surface area contributed by atoms with Crippen molar-refractivity contribution in [2.45, 2.75) is 12.8 Å². The van der Waals surface area contributed by atoms with E-state index in [0.717, 1.165) is 23.3 Å². The fraction of sp³-hybridized carbons (Fsp3) is 0.192. The van der Waals surface area contributed by atoms with Crippen LogP contribution < -0.4 is 5.32 Å². The lowest BCUT2D eigenvalue weighted by Gasteiger charge is -2.08. The summed E-state index contributed by atoms with van der Waals surface area (Å²) in [6.07, 6.45) is 0.447. The van der Waals surface area contributed by atoms with Crippen molar-refractivity contribution >= 4 is 23.3 Å². The minimum absolute atomic E-state index is 0.0592. The van der Waals surface area contributed by atoms with E-state index in [0.29, 0.717) is 23.2 Å². The van der Waals surface area contributed by atoms with Gasteiger partial charge in [-0.25, -0.2) is 8.78 Å². The van der Waals surface area contributed by atoms with Gasteiger partial charge in [0.1, 0.15) is 0 Å². The smallest absolute Gasteiger partial charge is 0.309 e. The maximum atomic E-state index is 13.3. The Morgan fingerprint density at radius 3 is 2.12 bits per heavy atom. The van der Waals surface area contributed by atoms with Gasteiger partial charge in [-0.2, -0.15) is 0 Å². The summed E-state index contributed by atoms with van der Waals surface area (Å²) in [4.78, 5) is 36.2. The highest BCUT2D eigenvalue weighted by atomic mass is 19.2. The zero-order valence-corrected chi connectivity index (χ0v) is 17.8. The number of hydrogen-bond donors (Lipinski definition) is 1. The average Bonchev–Trinajstić information content (AvgIpc) is 3.62. The normalized spacial score (nSPS) is 16.7. The summed E-state index contributed by atoms with van der Waals surface area (Å²) in [7, 11) is 1.32. The molecule has 0 spiro atoms. The van der Waals surface area contributed by atoms with E-state index < -0.39 is 11.6 Å². The monoisotopic (exact) mass is 449 g/mol. The van der Waals surface area contributed by atoms with E-state index in [1.165, 1.54) is 13.2 Å². The fourth-order valence-electron chi connectivity index (χ4n) is 3.72. The molecule has 0 radical (unpaired) electrons. The first-order valence-corrected chi connectivity index (χ1v) is 10.4. The van der Waals surface area contributed by atoms with Gasteiger partial charge in [0.25, 0.3) is 0 Å². The Morgan fingerprint density at radius 2 is 1.52 bits per heavy atom. The van der Waals surface area contributed by atoms with Crippen molar-refractivity contribution in [2.75, 3.05) is 12.4 Å². The number of ketones is 1. The van der Waals surface area contributed by atoms with Gasteiger partial charge in [0.2, 0.25) is 5.91 Å². The molecule has 4 rings (SSSR count). The van der Waals surface area contributed by atoms with Crippen molar-refractivity contribution < 1.29 is 27.9 Å². The molecule has 1 aliphatic carbocycles. The fourth-order valence-corrected chi connectivity index (χ4v) is 3.72. The number of methoxy groups -OCH3 is 1. The Bertz CT molecular complexity index is 1210. The topological polar surface area (TPSA) is 72.5 Å². The predicted molar refractivity (Wildman–Crippen MR) is 119 cm³/mol. The average molecular weight is 449 g/mol. The SMILES string of the molecule is COC(=O)C1CC1C(=O)c1ccc(-c2ccc(NC(=O)Cc3ccc(F)c(F)c3)cc2)cc1. The molecule has 1 amide bonds. The first-order valence-electron chi connectivity index (χ1n) is 10.4. The minimum Gasteiger partial charge on any atom is -0.469 e. The van der Waals surface area contributed by atoms with E-state index in [-0.39, 0.29) is 35.9 Å². The van der Waals surface area contributed by atoms with Gasteiger partial charge in [-0.1, -0.05) is 42.5 Å². The molecule has 2 unspecified atom stereocenters. The van der Waals surface area contributed by atoms with Crippen molar-refractivity contribution in [2.24, 2.45) is 11.8 Å². The summed E-state index contributed by atoms with van der Waals surface area (Å²) in [5.74, 6) is -3.34. The van der Waals surface area contributed by atoms with Crippen molar-refractivity contribution in [1.29, 1.82) is 0 Å². The van der Waals surface area contributed by atoms with E-state index in [2.05, 4.69) is 5.32 Å². The molecular formula is C26H21F2NO4. The molecule has 1 aliphatic rings. The standard InChI is InChI=1S/C26H21F2NO4/c1-33-26(32)21-14-20(21)25(31)18-5-3-16(4-6-18)17-7-9-19(10-8-17)29-24(30)13-15-2-11-22(27)23(28)12-15/h2-12,20-21H,13-14H2,1H3,(H,29,30). The number of anilines is 1. The number of nitrogens with one attached hydrogen (secondary N) is 1. The number of benzene rings is 3. The first kappa shape index (κ1) is 22.3. The van der Waals surface area contributed by atoms with Crippen LogP contribution in [-0.2, 0) is 20.7 Å². The van der Waals surface area contributed by atoms with Gasteiger partial charge in [-0.3, -0.25) is 14.4 Å². The molecule has 0 aliphatic heterocycles. The predicted octanol–water partition coefficient (Wildman–Crippen LogP) is 4.80. The van der Waals surface area contributed by atoms with Crippen LogP contribution in [0.15, 0.2) is 66.7 Å². The lowest BCUT2D eigenvalue weighted by Crippen LogP contribution is -2.14. The molecule has 168 valence electrons. The maximum Gasteiger partial charge on any atom is 0.309 e. The van der Waals surface area contributed by atoms with Crippen LogP contribution >= 0.6 is 0 Å². The first-order chi connectivity index (χ1) is 15.9. The molecule has 1 N–H and O–H groups in total. The molecule has 5 nitrogen and oxygen atoms in total. The summed E-state index contributed by atoms with van der Waals surface area (Å²) in [6.45, 7) is 0. The quantitative estimate of drug-likeness (QED) is 0.415. The summed E-state index contributed by atoms with van der Waals surface area (Å²) in [6, 6.07) is 17.7. The number of rotatable bonds is 7. The lowest BCUT2D eigenvalue weighted by molar-refractivity contribution is -0.142. The minimum atomic E-state index is -0.988. The number of esters is 1. The lowest BCUT2D eigenvalue weighted by atomic mass is 10.0. The largest absolute Gasteiger partial charge is 0.469 e. The van der Waals surface area contributed by atoms with E-state index in [1.54, 1.807) is 24.3 Å². The summed E-state index contributed by atoms with van der Waals surface area (Å²) >= 11 is 0. The Balaban J connectivity index is 1.36. The number of carbonyl (C=O) groups is 3. The van der Waals surface area contributed by atoms with E-state index >= 15 is 0 Å². The van der Waals surface area contributed by atoms with Crippen molar-refractivity contribution in [3.05, 3.63) is 89.5 Å². The Morgan fingerprint density at radius 1 is 0.879 bits per heavy atom. The van der Waals surface area contributed by atoms with E-state index in [4.69, 9.17) is 4.74 Å². The summed E-state index contributed by atoms with van der Waals surface area (Å²) in [5, 5.41) is 2.73. The van der Waals surface area contributed by atoms with Gasteiger partial charge in [-0.15, -0.1) is 0 Å². The number of Topliss-reactive ketones (excluding diaryl/α,β-unsaturated/α-hetero) is 1. The third-order valence-corrected chi connectivity index (χ3v) is 5.65. The molecular weight excluding hydrogens is 428 g/mol. The summed E-state index contributed by atoms with van der Waals surface area (Å²) < 4.78 is 31.0. The van der Waals surface area contributed by atoms with Gasteiger partial charge in [0, 0.05) is 17.2 Å². The van der Waals surface area contributed by atoms with E-state index in [1.807, 2.05) is 24.3 Å². The molecule has 2 atom stereocenters. The van der Waals surface area contributed by atoms with Crippen molar-refractivity contribution in [3.63, 3.8) is 0 Å². The van der Waals surface area contributed by atoms with Crippen LogP contribution in [0.4, 0.5) is 14.5 Å². The second kappa shape index (κ2) is 9.32. The van der Waals surface area contributed by atoms with Crippen LogP contribution in [0, 0.1) is 23.5 Å². The molecule has 3 aromatic rings. The molecule has 0 bridgehead atoms. The second-order valence-electron chi connectivity index (χ2n) is 7.96. The number of hydrogen-bond acceptors (Lipinski definition) is 4. The van der Waals surface area contributed by atoms with Crippen LogP contribution in [-0.4, -0.2) is 24.8 Å². The van der Waals surface area contributed by atoms with Crippen LogP contribution in [0.5, 0.6) is 0 Å². The van der Waals surface area contributed by atoms with Gasteiger partial charge in [0.15, 0.2) is 17.4 Å². The third-order valence-electron chi connectivity index (χ3n) is 5.65. The summed E-state index contributed by atoms with van der Waals surface area (Å²) in [5.41, 5.74) is 3.29. The Kier molecular flexibility index (Phi) is 6.31. The molecule has 0 heterocycles. The van der Waals surface area contributed by atoms with Gasteiger partial charge < -0.3 is 10.1 Å². The Hall–Kier alpha value is -3.87. The number of ether oxygens (including phenoxy) is 1. The highest BCUT2D eigenvalue weighted by molar-refractivity contribution is 6.03. The number of carbonyl (C=O) groups excluding carboxylic acids is 3. The number of amides is 1. The molecule has 1 saturated carbocycles. The molecule has 7 heteroatoms. The highest BCUT2D eigenvalue weighted by Crippen LogP contribution is 2.42. The van der Waals surface area contributed by atoms with Crippen LogP contribution in [0.3, 0.4) is 0 Å².